The van der Waals surface area contributed by atoms with Gasteiger partial charge in [-0.05, 0) is 37.0 Å². The molecule has 0 heterocycles. The second kappa shape index (κ2) is 8.23. The van der Waals surface area contributed by atoms with Gasteiger partial charge in [-0.2, -0.15) is 11.8 Å². The number of rotatable bonds is 6. The molecule has 1 unspecified atom stereocenters. The molecule has 1 aromatic carbocycles. The fraction of sp³-hybridized carbons (Fsp3) is 0.600. The average molecular weight is 317 g/mol. The van der Waals surface area contributed by atoms with Crippen molar-refractivity contribution in [2.45, 2.75) is 49.8 Å². The van der Waals surface area contributed by atoms with Crippen LogP contribution in [0.5, 0.6) is 0 Å². The summed E-state index contributed by atoms with van der Waals surface area (Å²) in [7, 11) is 0. The molecule has 112 valence electrons. The second-order valence-electron chi connectivity index (χ2n) is 5.41. The van der Waals surface area contributed by atoms with Gasteiger partial charge < -0.3 is 0 Å². The van der Waals surface area contributed by atoms with Crippen LogP contribution in [-0.2, 0) is 6.42 Å². The van der Waals surface area contributed by atoms with Gasteiger partial charge in [0.15, 0.2) is 0 Å². The number of hydrazine groups is 1. The van der Waals surface area contributed by atoms with E-state index >= 15 is 0 Å². The van der Waals surface area contributed by atoms with Crippen molar-refractivity contribution >= 4 is 23.4 Å². The predicted molar refractivity (Wildman–Crippen MR) is 85.6 cm³/mol. The van der Waals surface area contributed by atoms with E-state index in [0.717, 1.165) is 23.0 Å². The fourth-order valence-electron chi connectivity index (χ4n) is 2.60. The van der Waals surface area contributed by atoms with Gasteiger partial charge in [0.25, 0.3) is 0 Å². The summed E-state index contributed by atoms with van der Waals surface area (Å²) in [6.45, 7) is 0. The molecule has 0 aromatic heterocycles. The number of hydrogen-bond donors (Lipinski definition) is 2. The number of nitrogens with two attached hydrogens (primary N) is 1. The average Bonchev–Trinajstić information content (AvgIpc) is 2.48. The van der Waals surface area contributed by atoms with E-state index in [0.29, 0.717) is 0 Å². The lowest BCUT2D eigenvalue weighted by molar-refractivity contribution is 0.513. The van der Waals surface area contributed by atoms with Crippen molar-refractivity contribution in [1.82, 2.24) is 5.43 Å². The Labute approximate surface area is 129 Å². The Morgan fingerprint density at radius 3 is 2.75 bits per heavy atom. The highest BCUT2D eigenvalue weighted by Gasteiger charge is 2.16. The Bertz CT molecular complexity index is 424. The maximum Gasteiger partial charge on any atom is 0.142 e. The van der Waals surface area contributed by atoms with Gasteiger partial charge >= 0.3 is 0 Å². The summed E-state index contributed by atoms with van der Waals surface area (Å²) in [6, 6.07) is 5.13. The summed E-state index contributed by atoms with van der Waals surface area (Å²) >= 11 is 7.69. The van der Waals surface area contributed by atoms with E-state index in [4.69, 9.17) is 17.4 Å². The third kappa shape index (κ3) is 4.92. The third-order valence-electron chi connectivity index (χ3n) is 3.79. The molecule has 2 rings (SSSR count). The number of halogens is 2. The van der Waals surface area contributed by atoms with Crippen LogP contribution in [0.4, 0.5) is 4.39 Å². The van der Waals surface area contributed by atoms with Crippen LogP contribution in [0, 0.1) is 5.82 Å². The molecule has 0 saturated heterocycles. The molecule has 3 N–H and O–H groups in total. The summed E-state index contributed by atoms with van der Waals surface area (Å²) < 4.78 is 13.4. The highest BCUT2D eigenvalue weighted by atomic mass is 35.5. The zero-order valence-electron chi connectivity index (χ0n) is 11.6. The molecule has 0 bridgehead atoms. The van der Waals surface area contributed by atoms with E-state index in [1.807, 2.05) is 17.8 Å². The minimum atomic E-state index is -0.361. The van der Waals surface area contributed by atoms with Gasteiger partial charge in [-0.1, -0.05) is 36.9 Å². The van der Waals surface area contributed by atoms with Crippen LogP contribution in [0.1, 0.15) is 37.7 Å². The van der Waals surface area contributed by atoms with Gasteiger partial charge in [0, 0.05) is 17.0 Å². The van der Waals surface area contributed by atoms with Crippen molar-refractivity contribution in [3.63, 3.8) is 0 Å². The Morgan fingerprint density at radius 1 is 1.35 bits per heavy atom. The Hall–Kier alpha value is -0.290. The summed E-state index contributed by atoms with van der Waals surface area (Å²) in [4.78, 5) is 0. The molecule has 0 radical (unpaired) electrons. The van der Waals surface area contributed by atoms with Gasteiger partial charge in [0.2, 0.25) is 0 Å². The van der Waals surface area contributed by atoms with Crippen LogP contribution in [0.2, 0.25) is 5.02 Å². The number of benzene rings is 1. The monoisotopic (exact) mass is 316 g/mol. The summed E-state index contributed by atoms with van der Waals surface area (Å²) in [6.07, 6.45) is 7.43. The highest BCUT2D eigenvalue weighted by molar-refractivity contribution is 7.99. The molecule has 0 spiro atoms. The lowest BCUT2D eigenvalue weighted by Gasteiger charge is -2.23. The highest BCUT2D eigenvalue weighted by Crippen LogP contribution is 2.29. The smallest absolute Gasteiger partial charge is 0.142 e. The molecule has 2 nitrogen and oxygen atoms in total. The van der Waals surface area contributed by atoms with Crippen molar-refractivity contribution in [2.75, 3.05) is 5.75 Å². The maximum atomic E-state index is 13.4. The SMILES string of the molecule is NNC(CSC1CCCCC1)Cc1ccc(Cl)c(F)c1. The Morgan fingerprint density at radius 2 is 2.10 bits per heavy atom. The lowest BCUT2D eigenvalue weighted by atomic mass is 10.0. The molecule has 1 atom stereocenters. The molecular weight excluding hydrogens is 295 g/mol. The van der Waals surface area contributed by atoms with Crippen LogP contribution >= 0.6 is 23.4 Å². The van der Waals surface area contributed by atoms with E-state index in [9.17, 15) is 4.39 Å². The van der Waals surface area contributed by atoms with E-state index < -0.39 is 0 Å². The molecule has 20 heavy (non-hydrogen) atoms. The van der Waals surface area contributed by atoms with E-state index in [1.165, 1.54) is 38.2 Å². The first-order chi connectivity index (χ1) is 9.69. The van der Waals surface area contributed by atoms with Gasteiger partial charge in [-0.25, -0.2) is 4.39 Å². The van der Waals surface area contributed by atoms with Crippen molar-refractivity contribution in [2.24, 2.45) is 5.84 Å². The minimum absolute atomic E-state index is 0.169. The standard InChI is InChI=1S/C15H22ClFN2S/c16-14-7-6-11(9-15(14)17)8-12(19-18)10-20-13-4-2-1-3-5-13/h6-7,9,12-13,19H,1-5,8,10,18H2. The molecule has 5 heteroatoms. The topological polar surface area (TPSA) is 38.0 Å². The maximum absolute atomic E-state index is 13.4. The first-order valence-electron chi connectivity index (χ1n) is 7.20. The minimum Gasteiger partial charge on any atom is -0.271 e. The van der Waals surface area contributed by atoms with Crippen molar-refractivity contribution in [3.8, 4) is 0 Å². The molecule has 1 aromatic rings. The van der Waals surface area contributed by atoms with Crippen LogP contribution in [0.25, 0.3) is 0 Å². The molecule has 1 aliphatic carbocycles. The molecule has 1 fully saturated rings. The van der Waals surface area contributed by atoms with E-state index in [2.05, 4.69) is 5.43 Å². The normalized spacial score (nSPS) is 18.1. The van der Waals surface area contributed by atoms with Crippen molar-refractivity contribution < 1.29 is 4.39 Å². The number of hydrogen-bond acceptors (Lipinski definition) is 3. The van der Waals surface area contributed by atoms with Crippen molar-refractivity contribution in [1.29, 1.82) is 0 Å². The molecule has 1 aliphatic rings. The van der Waals surface area contributed by atoms with E-state index in [1.54, 1.807) is 6.07 Å². The van der Waals surface area contributed by atoms with Gasteiger partial charge in [0.05, 0.1) is 5.02 Å². The summed E-state index contributed by atoms with van der Waals surface area (Å²) in [5.41, 5.74) is 3.78. The largest absolute Gasteiger partial charge is 0.271 e. The van der Waals surface area contributed by atoms with Gasteiger partial charge in [0.1, 0.15) is 5.82 Å². The lowest BCUT2D eigenvalue weighted by Crippen LogP contribution is -2.39. The van der Waals surface area contributed by atoms with Gasteiger partial charge in [-0.3, -0.25) is 11.3 Å². The number of thioether (sulfide) groups is 1. The van der Waals surface area contributed by atoms with Gasteiger partial charge in [-0.15, -0.1) is 0 Å². The number of nitrogens with one attached hydrogen (secondary N) is 1. The zero-order valence-corrected chi connectivity index (χ0v) is 13.2. The third-order valence-corrected chi connectivity index (χ3v) is 5.63. The van der Waals surface area contributed by atoms with Crippen LogP contribution in [-0.4, -0.2) is 17.0 Å². The fourth-order valence-corrected chi connectivity index (χ4v) is 4.10. The summed E-state index contributed by atoms with van der Waals surface area (Å²) in [5, 5.41) is 0.934. The van der Waals surface area contributed by atoms with Crippen LogP contribution in [0.3, 0.4) is 0 Å². The van der Waals surface area contributed by atoms with Crippen LogP contribution in [0.15, 0.2) is 18.2 Å². The van der Waals surface area contributed by atoms with Crippen LogP contribution < -0.4 is 11.3 Å². The predicted octanol–water partition coefficient (Wildman–Crippen LogP) is 3.92. The first-order valence-corrected chi connectivity index (χ1v) is 8.63. The molecule has 0 aliphatic heterocycles. The van der Waals surface area contributed by atoms with Crippen molar-refractivity contribution in [3.05, 3.63) is 34.6 Å². The molecule has 0 amide bonds. The quantitative estimate of drug-likeness (QED) is 0.617. The molecule has 1 saturated carbocycles. The Balaban J connectivity index is 1.83. The summed E-state index contributed by atoms with van der Waals surface area (Å²) in [5.74, 6) is 6.22. The Kier molecular flexibility index (Phi) is 6.62. The zero-order chi connectivity index (χ0) is 14.4. The van der Waals surface area contributed by atoms with E-state index in [-0.39, 0.29) is 16.9 Å². The first kappa shape index (κ1) is 16.1. The molecular formula is C15H22ClFN2S. The second-order valence-corrected chi connectivity index (χ2v) is 7.15.